The smallest absolute Gasteiger partial charge is 0.223 e. The van der Waals surface area contributed by atoms with Crippen LogP contribution in [0.3, 0.4) is 0 Å². The Morgan fingerprint density at radius 3 is 2.54 bits per heavy atom. The highest BCUT2D eigenvalue weighted by Gasteiger charge is 2.35. The second kappa shape index (κ2) is 7.06. The summed E-state index contributed by atoms with van der Waals surface area (Å²) in [5, 5.41) is 0. The molecule has 2 aromatic rings. The lowest BCUT2D eigenvalue weighted by atomic mass is 9.72. The van der Waals surface area contributed by atoms with Gasteiger partial charge in [-0.25, -0.2) is 0 Å². The van der Waals surface area contributed by atoms with Crippen molar-refractivity contribution in [3.63, 3.8) is 0 Å². The molecule has 0 bridgehead atoms. The fourth-order valence-corrected chi connectivity index (χ4v) is 5.45. The molecule has 3 atom stereocenters. The minimum atomic E-state index is 0.154. The number of anilines is 1. The monoisotopic (exact) mass is 375 g/mol. The van der Waals surface area contributed by atoms with E-state index >= 15 is 0 Å². The summed E-state index contributed by atoms with van der Waals surface area (Å²) in [5.41, 5.74) is 7.17. The van der Waals surface area contributed by atoms with Crippen molar-refractivity contribution in [1.82, 2.24) is 0 Å². The molecular formula is C26H33NO. The quantitative estimate of drug-likeness (QED) is 0.622. The predicted molar refractivity (Wildman–Crippen MR) is 117 cm³/mol. The van der Waals surface area contributed by atoms with E-state index in [1.807, 2.05) is 4.90 Å². The largest absolute Gasteiger partial charge is 0.312 e. The van der Waals surface area contributed by atoms with Crippen LogP contribution in [0.1, 0.15) is 75.1 Å². The number of hydrogen-bond acceptors (Lipinski definition) is 1. The van der Waals surface area contributed by atoms with Crippen molar-refractivity contribution >= 4 is 11.6 Å². The van der Waals surface area contributed by atoms with Gasteiger partial charge in [0.15, 0.2) is 0 Å². The topological polar surface area (TPSA) is 20.3 Å². The molecule has 0 spiro atoms. The second-order valence-corrected chi connectivity index (χ2v) is 9.93. The Morgan fingerprint density at radius 1 is 1.11 bits per heavy atom. The summed E-state index contributed by atoms with van der Waals surface area (Å²) in [6.45, 7) is 11.9. The summed E-state index contributed by atoms with van der Waals surface area (Å²) in [4.78, 5) is 14.1. The van der Waals surface area contributed by atoms with Crippen molar-refractivity contribution in [2.45, 2.75) is 65.7 Å². The van der Waals surface area contributed by atoms with Crippen LogP contribution in [0.15, 0.2) is 42.5 Å². The van der Waals surface area contributed by atoms with E-state index in [0.717, 1.165) is 25.1 Å². The Bertz CT molecular complexity index is 892. The third-order valence-electron chi connectivity index (χ3n) is 7.06. The van der Waals surface area contributed by atoms with Gasteiger partial charge in [0, 0.05) is 19.2 Å². The molecule has 28 heavy (non-hydrogen) atoms. The summed E-state index contributed by atoms with van der Waals surface area (Å²) in [6.07, 6.45) is 3.33. The number of carbonyl (C=O) groups is 1. The average molecular weight is 376 g/mol. The summed E-state index contributed by atoms with van der Waals surface area (Å²) >= 11 is 0. The summed E-state index contributed by atoms with van der Waals surface area (Å²) in [7, 11) is 0. The maximum absolute atomic E-state index is 12.2. The van der Waals surface area contributed by atoms with Gasteiger partial charge in [-0.05, 0) is 70.8 Å². The predicted octanol–water partition coefficient (Wildman–Crippen LogP) is 6.09. The van der Waals surface area contributed by atoms with Crippen LogP contribution < -0.4 is 4.90 Å². The van der Waals surface area contributed by atoms with E-state index in [9.17, 15) is 4.79 Å². The minimum Gasteiger partial charge on any atom is -0.312 e. The van der Waals surface area contributed by atoms with Crippen molar-refractivity contribution in [3.8, 4) is 0 Å². The molecular weight excluding hydrogens is 342 g/mol. The van der Waals surface area contributed by atoms with Crippen molar-refractivity contribution in [3.05, 3.63) is 64.7 Å². The summed E-state index contributed by atoms with van der Waals surface area (Å²) in [5.74, 6) is 1.92. The van der Waals surface area contributed by atoms with Crippen molar-refractivity contribution in [2.75, 3.05) is 11.4 Å². The van der Waals surface area contributed by atoms with E-state index in [1.54, 1.807) is 6.92 Å². The summed E-state index contributed by atoms with van der Waals surface area (Å²) in [6, 6.07) is 15.8. The van der Waals surface area contributed by atoms with Gasteiger partial charge in [-0.15, -0.1) is 0 Å². The highest BCUT2D eigenvalue weighted by atomic mass is 16.2. The lowest BCUT2D eigenvalue weighted by molar-refractivity contribution is -0.116. The Balaban J connectivity index is 1.65. The van der Waals surface area contributed by atoms with Gasteiger partial charge in [0.25, 0.3) is 0 Å². The van der Waals surface area contributed by atoms with Gasteiger partial charge in [0.2, 0.25) is 5.91 Å². The van der Waals surface area contributed by atoms with E-state index in [0.29, 0.717) is 17.8 Å². The lowest BCUT2D eigenvalue weighted by Crippen LogP contribution is -2.38. The van der Waals surface area contributed by atoms with Crippen LogP contribution in [0.2, 0.25) is 0 Å². The van der Waals surface area contributed by atoms with Crippen LogP contribution in [0.5, 0.6) is 0 Å². The third-order valence-corrected chi connectivity index (χ3v) is 7.06. The molecule has 1 aliphatic carbocycles. The number of rotatable bonds is 2. The molecule has 1 amide bonds. The molecule has 0 saturated carbocycles. The SMILES string of the molecule is CC(=O)N1CCC(C(C)(C)C)c2cc(CC3Cc4ccccc4C3C)ccc21. The van der Waals surface area contributed by atoms with Crippen LogP contribution >= 0.6 is 0 Å². The van der Waals surface area contributed by atoms with Gasteiger partial charge in [0.05, 0.1) is 0 Å². The first-order valence-electron chi connectivity index (χ1n) is 10.7. The molecule has 1 heterocycles. The van der Waals surface area contributed by atoms with Gasteiger partial charge in [-0.3, -0.25) is 4.79 Å². The van der Waals surface area contributed by atoms with Gasteiger partial charge in [-0.2, -0.15) is 0 Å². The molecule has 0 radical (unpaired) electrons. The molecule has 0 fully saturated rings. The Morgan fingerprint density at radius 2 is 1.86 bits per heavy atom. The van der Waals surface area contributed by atoms with Crippen LogP contribution in [0.4, 0.5) is 5.69 Å². The first kappa shape index (κ1) is 19.2. The van der Waals surface area contributed by atoms with Crippen LogP contribution in [0, 0.1) is 11.3 Å². The van der Waals surface area contributed by atoms with Crippen molar-refractivity contribution < 1.29 is 4.79 Å². The maximum Gasteiger partial charge on any atom is 0.223 e. The normalized spacial score (nSPS) is 24.0. The average Bonchev–Trinajstić information content (AvgIpc) is 2.95. The molecule has 0 saturated heterocycles. The number of fused-ring (bicyclic) bond motifs is 2. The van der Waals surface area contributed by atoms with Crippen LogP contribution in [-0.4, -0.2) is 12.5 Å². The zero-order valence-corrected chi connectivity index (χ0v) is 18.0. The Labute approximate surface area is 170 Å². The highest BCUT2D eigenvalue weighted by Crippen LogP contribution is 2.46. The van der Waals surface area contributed by atoms with E-state index in [1.165, 1.54) is 28.7 Å². The minimum absolute atomic E-state index is 0.154. The van der Waals surface area contributed by atoms with E-state index in [2.05, 4.69) is 70.2 Å². The molecule has 2 aromatic carbocycles. The zero-order valence-electron chi connectivity index (χ0n) is 18.0. The first-order chi connectivity index (χ1) is 13.3. The standard InChI is InChI=1S/C26H33NO/c1-17-21(16-20-8-6-7-9-22(17)20)14-19-10-11-25-23(15-19)24(26(3,4)5)12-13-27(25)18(2)28/h6-11,15,17,21,24H,12-14,16H2,1-5H3. The molecule has 2 aliphatic rings. The summed E-state index contributed by atoms with van der Waals surface area (Å²) < 4.78 is 0. The van der Waals surface area contributed by atoms with E-state index < -0.39 is 0 Å². The van der Waals surface area contributed by atoms with Crippen molar-refractivity contribution in [2.24, 2.45) is 11.3 Å². The third kappa shape index (κ3) is 3.38. The van der Waals surface area contributed by atoms with E-state index in [-0.39, 0.29) is 11.3 Å². The Hall–Kier alpha value is -2.09. The van der Waals surface area contributed by atoms with Crippen LogP contribution in [0.25, 0.3) is 0 Å². The molecule has 0 aromatic heterocycles. The van der Waals surface area contributed by atoms with Gasteiger partial charge >= 0.3 is 0 Å². The fourth-order valence-electron chi connectivity index (χ4n) is 5.45. The lowest BCUT2D eigenvalue weighted by Gasteiger charge is -2.40. The number of carbonyl (C=O) groups excluding carboxylic acids is 1. The molecule has 148 valence electrons. The maximum atomic E-state index is 12.2. The molecule has 2 heteroatoms. The zero-order chi connectivity index (χ0) is 20.1. The number of amides is 1. The molecule has 4 rings (SSSR count). The highest BCUT2D eigenvalue weighted by molar-refractivity contribution is 5.93. The van der Waals surface area contributed by atoms with Gasteiger partial charge in [-0.1, -0.05) is 64.1 Å². The van der Waals surface area contributed by atoms with Gasteiger partial charge in [0.1, 0.15) is 0 Å². The number of benzene rings is 2. The molecule has 2 nitrogen and oxygen atoms in total. The van der Waals surface area contributed by atoms with Crippen molar-refractivity contribution in [1.29, 1.82) is 0 Å². The molecule has 3 unspecified atom stereocenters. The van der Waals surface area contributed by atoms with Crippen LogP contribution in [-0.2, 0) is 17.6 Å². The number of nitrogens with zero attached hydrogens (tertiary/aromatic N) is 1. The fraction of sp³-hybridized carbons (Fsp3) is 0.500. The molecule has 1 aliphatic heterocycles. The van der Waals surface area contributed by atoms with Gasteiger partial charge < -0.3 is 4.90 Å². The Kier molecular flexibility index (Phi) is 4.85. The molecule has 0 N–H and O–H groups in total. The second-order valence-electron chi connectivity index (χ2n) is 9.93. The first-order valence-corrected chi connectivity index (χ1v) is 10.7. The number of hydrogen-bond donors (Lipinski definition) is 0. The van der Waals surface area contributed by atoms with E-state index in [4.69, 9.17) is 0 Å².